The minimum Gasteiger partial charge on any atom is -0.495 e. The quantitative estimate of drug-likeness (QED) is 0.299. The number of ether oxygens (including phenoxy) is 1. The highest BCUT2D eigenvalue weighted by Crippen LogP contribution is 2.35. The average Bonchev–Trinajstić information content (AvgIpc) is 2.94. The largest absolute Gasteiger partial charge is 0.495 e. The molecule has 0 fully saturated rings. The molecule has 11 heteroatoms. The van der Waals surface area contributed by atoms with Gasteiger partial charge in [0.05, 0.1) is 17.7 Å². The fourth-order valence-corrected chi connectivity index (χ4v) is 5.74. The van der Waals surface area contributed by atoms with Crippen LogP contribution in [0.3, 0.4) is 0 Å². The Morgan fingerprint density at radius 2 is 1.60 bits per heavy atom. The van der Waals surface area contributed by atoms with Gasteiger partial charge in [-0.1, -0.05) is 73.4 Å². The molecule has 0 aliphatic carbocycles. The molecule has 0 aromatic heterocycles. The van der Waals surface area contributed by atoms with Gasteiger partial charge in [0.2, 0.25) is 11.8 Å². The lowest BCUT2D eigenvalue weighted by Crippen LogP contribution is -2.51. The Kier molecular flexibility index (Phi) is 10.8. The van der Waals surface area contributed by atoms with E-state index in [0.717, 1.165) is 4.31 Å². The SMILES string of the molecule is COc1ccc(Cl)cc1N(CC(=O)N(Cc1ccccc1Cl)C(C)C(=O)NCC(C)C)S(=O)(=O)c1ccccc1. The Morgan fingerprint density at radius 1 is 0.950 bits per heavy atom. The summed E-state index contributed by atoms with van der Waals surface area (Å²) in [5, 5.41) is 3.52. The van der Waals surface area contributed by atoms with Crippen LogP contribution in [0.4, 0.5) is 5.69 Å². The lowest BCUT2D eigenvalue weighted by atomic mass is 10.1. The van der Waals surface area contributed by atoms with E-state index in [1.54, 1.807) is 55.5 Å². The number of benzene rings is 3. The van der Waals surface area contributed by atoms with E-state index in [9.17, 15) is 18.0 Å². The summed E-state index contributed by atoms with van der Waals surface area (Å²) in [6, 6.07) is 18.3. The second kappa shape index (κ2) is 13.9. The van der Waals surface area contributed by atoms with Crippen molar-refractivity contribution in [2.75, 3.05) is 24.5 Å². The number of nitrogens with one attached hydrogen (secondary N) is 1. The Balaban J connectivity index is 2.08. The van der Waals surface area contributed by atoms with E-state index in [2.05, 4.69) is 5.32 Å². The summed E-state index contributed by atoms with van der Waals surface area (Å²) in [4.78, 5) is 28.4. The number of sulfonamides is 1. The molecule has 214 valence electrons. The summed E-state index contributed by atoms with van der Waals surface area (Å²) in [6.45, 7) is 5.30. The predicted octanol–water partition coefficient (Wildman–Crippen LogP) is 5.39. The molecule has 0 aliphatic rings. The zero-order valence-electron chi connectivity index (χ0n) is 22.8. The van der Waals surface area contributed by atoms with Crippen LogP contribution in [-0.2, 0) is 26.2 Å². The Bertz CT molecular complexity index is 1430. The molecule has 40 heavy (non-hydrogen) atoms. The molecule has 0 aliphatic heterocycles. The van der Waals surface area contributed by atoms with Crippen molar-refractivity contribution in [2.45, 2.75) is 38.3 Å². The molecule has 8 nitrogen and oxygen atoms in total. The van der Waals surface area contributed by atoms with Gasteiger partial charge >= 0.3 is 0 Å². The molecule has 0 bridgehead atoms. The first-order chi connectivity index (χ1) is 18.9. The van der Waals surface area contributed by atoms with Crippen molar-refractivity contribution in [1.29, 1.82) is 0 Å². The van der Waals surface area contributed by atoms with Crippen LogP contribution in [0, 0.1) is 5.92 Å². The van der Waals surface area contributed by atoms with Crippen LogP contribution in [0.5, 0.6) is 5.75 Å². The third-order valence-electron chi connectivity index (χ3n) is 6.17. The van der Waals surface area contributed by atoms with E-state index in [1.807, 2.05) is 13.8 Å². The molecule has 0 radical (unpaired) electrons. The van der Waals surface area contributed by atoms with E-state index in [1.165, 1.54) is 36.3 Å². The number of amides is 2. The normalized spacial score (nSPS) is 12.1. The van der Waals surface area contributed by atoms with Crippen molar-refractivity contribution < 1.29 is 22.7 Å². The topological polar surface area (TPSA) is 96.0 Å². The van der Waals surface area contributed by atoms with Gasteiger partial charge in [-0.3, -0.25) is 13.9 Å². The van der Waals surface area contributed by atoms with Crippen molar-refractivity contribution in [3.8, 4) is 5.75 Å². The number of hydrogen-bond donors (Lipinski definition) is 1. The van der Waals surface area contributed by atoms with E-state index in [-0.39, 0.29) is 39.7 Å². The van der Waals surface area contributed by atoms with Crippen LogP contribution in [0.2, 0.25) is 10.0 Å². The van der Waals surface area contributed by atoms with Crippen LogP contribution >= 0.6 is 23.2 Å². The van der Waals surface area contributed by atoms with Gasteiger partial charge in [-0.15, -0.1) is 0 Å². The molecular formula is C29H33Cl2N3O5S. The Labute approximate surface area is 245 Å². The molecular weight excluding hydrogens is 573 g/mol. The molecule has 0 saturated heterocycles. The maximum absolute atomic E-state index is 14.0. The highest BCUT2D eigenvalue weighted by molar-refractivity contribution is 7.92. The number of halogens is 2. The van der Waals surface area contributed by atoms with Crippen LogP contribution in [0.1, 0.15) is 26.3 Å². The standard InChI is InChI=1S/C29H33Cl2N3O5S/c1-20(2)17-32-29(36)21(3)33(18-22-10-8-9-13-25(22)31)28(35)19-34(26-16-23(30)14-15-27(26)39-4)40(37,38)24-11-6-5-7-12-24/h5-16,20-21H,17-19H2,1-4H3,(H,32,36). The van der Waals surface area contributed by atoms with Crippen molar-refractivity contribution in [3.05, 3.63) is 88.4 Å². The molecule has 0 saturated carbocycles. The third kappa shape index (κ3) is 7.68. The average molecular weight is 607 g/mol. The number of carbonyl (C=O) groups is 2. The molecule has 1 N–H and O–H groups in total. The number of rotatable bonds is 12. The number of nitrogens with zero attached hydrogens (tertiary/aromatic N) is 2. The molecule has 3 aromatic rings. The monoisotopic (exact) mass is 605 g/mol. The number of carbonyl (C=O) groups excluding carboxylic acids is 2. The van der Waals surface area contributed by atoms with Crippen molar-refractivity contribution in [3.63, 3.8) is 0 Å². The summed E-state index contributed by atoms with van der Waals surface area (Å²) in [6.07, 6.45) is 0. The van der Waals surface area contributed by atoms with E-state index >= 15 is 0 Å². The lowest BCUT2D eigenvalue weighted by molar-refractivity contribution is -0.139. The summed E-state index contributed by atoms with van der Waals surface area (Å²) < 4.78 is 34.2. The summed E-state index contributed by atoms with van der Waals surface area (Å²) in [5.74, 6) is -0.580. The van der Waals surface area contributed by atoms with Gasteiger partial charge in [0.25, 0.3) is 10.0 Å². The van der Waals surface area contributed by atoms with Crippen LogP contribution in [-0.4, -0.2) is 51.4 Å². The Morgan fingerprint density at radius 3 is 2.23 bits per heavy atom. The minimum absolute atomic E-state index is 0.0132. The highest BCUT2D eigenvalue weighted by Gasteiger charge is 2.34. The van der Waals surface area contributed by atoms with Crippen molar-refractivity contribution >= 4 is 50.7 Å². The lowest BCUT2D eigenvalue weighted by Gasteiger charge is -2.32. The summed E-state index contributed by atoms with van der Waals surface area (Å²) in [5.41, 5.74) is 0.695. The van der Waals surface area contributed by atoms with E-state index in [0.29, 0.717) is 17.1 Å². The van der Waals surface area contributed by atoms with Gasteiger partial charge < -0.3 is 15.0 Å². The van der Waals surface area contributed by atoms with Gasteiger partial charge in [0.15, 0.2) is 0 Å². The summed E-state index contributed by atoms with van der Waals surface area (Å²) in [7, 11) is -2.86. The first-order valence-corrected chi connectivity index (χ1v) is 14.9. The zero-order valence-corrected chi connectivity index (χ0v) is 25.1. The van der Waals surface area contributed by atoms with Gasteiger partial charge in [-0.05, 0) is 54.8 Å². The molecule has 1 unspecified atom stereocenters. The Hall–Kier alpha value is -3.27. The van der Waals surface area contributed by atoms with Crippen LogP contribution < -0.4 is 14.4 Å². The van der Waals surface area contributed by atoms with E-state index < -0.39 is 28.5 Å². The smallest absolute Gasteiger partial charge is 0.264 e. The molecule has 3 rings (SSSR count). The maximum Gasteiger partial charge on any atom is 0.264 e. The van der Waals surface area contributed by atoms with Gasteiger partial charge in [0.1, 0.15) is 18.3 Å². The molecule has 2 amide bonds. The first-order valence-electron chi connectivity index (χ1n) is 12.7. The molecule has 0 spiro atoms. The van der Waals surface area contributed by atoms with Crippen LogP contribution in [0.25, 0.3) is 0 Å². The van der Waals surface area contributed by atoms with Crippen molar-refractivity contribution in [2.24, 2.45) is 5.92 Å². The fraction of sp³-hybridized carbons (Fsp3) is 0.310. The van der Waals surface area contributed by atoms with Gasteiger partial charge in [-0.25, -0.2) is 8.42 Å². The summed E-state index contributed by atoms with van der Waals surface area (Å²) >= 11 is 12.6. The van der Waals surface area contributed by atoms with E-state index in [4.69, 9.17) is 27.9 Å². The first kappa shape index (κ1) is 31.3. The predicted molar refractivity (Wildman–Crippen MR) is 158 cm³/mol. The number of methoxy groups -OCH3 is 1. The number of hydrogen-bond acceptors (Lipinski definition) is 5. The number of anilines is 1. The molecule has 3 aromatic carbocycles. The maximum atomic E-state index is 14.0. The highest BCUT2D eigenvalue weighted by atomic mass is 35.5. The second-order valence-corrected chi connectivity index (χ2v) is 12.3. The molecule has 0 heterocycles. The van der Waals surface area contributed by atoms with Crippen LogP contribution in [0.15, 0.2) is 77.7 Å². The van der Waals surface area contributed by atoms with Gasteiger partial charge in [0, 0.05) is 23.1 Å². The zero-order chi connectivity index (χ0) is 29.4. The minimum atomic E-state index is -4.26. The van der Waals surface area contributed by atoms with Crippen molar-refractivity contribution in [1.82, 2.24) is 10.2 Å². The third-order valence-corrected chi connectivity index (χ3v) is 8.55. The van der Waals surface area contributed by atoms with Gasteiger partial charge in [-0.2, -0.15) is 0 Å². The second-order valence-electron chi connectivity index (χ2n) is 9.57. The fourth-order valence-electron chi connectivity index (χ4n) is 3.94. The molecule has 1 atom stereocenters.